The van der Waals surface area contributed by atoms with Gasteiger partial charge < -0.3 is 10.6 Å². The Labute approximate surface area is 165 Å². The second kappa shape index (κ2) is 11.6. The molecule has 0 bridgehead atoms. The van der Waals surface area contributed by atoms with Gasteiger partial charge in [-0.3, -0.25) is 9.69 Å². The minimum absolute atomic E-state index is 0. The van der Waals surface area contributed by atoms with E-state index in [2.05, 4.69) is 26.6 Å². The first kappa shape index (κ1) is 22.1. The summed E-state index contributed by atoms with van der Waals surface area (Å²) < 4.78 is 1.22. The molecular weight excluding hydrogens is 379 g/mol. The summed E-state index contributed by atoms with van der Waals surface area (Å²) in [5.41, 5.74) is 1.06. The maximum atomic E-state index is 11.9. The van der Waals surface area contributed by atoms with E-state index in [1.807, 2.05) is 18.2 Å². The van der Waals surface area contributed by atoms with Gasteiger partial charge in [0, 0.05) is 45.7 Å². The van der Waals surface area contributed by atoms with Gasteiger partial charge in [0.25, 0.3) is 0 Å². The number of hydrogen-bond acceptors (Lipinski definition) is 5. The van der Waals surface area contributed by atoms with Gasteiger partial charge in [0.05, 0.1) is 15.2 Å². The minimum Gasteiger partial charge on any atom is -0.355 e. The van der Waals surface area contributed by atoms with E-state index in [1.54, 1.807) is 11.3 Å². The molecule has 2 aromatic rings. The van der Waals surface area contributed by atoms with Gasteiger partial charge in [-0.15, -0.1) is 36.2 Å². The summed E-state index contributed by atoms with van der Waals surface area (Å²) in [5, 5.41) is 7.48. The number of benzene rings is 1. The Morgan fingerprint density at radius 1 is 1.24 bits per heavy atom. The molecule has 0 radical (unpaired) electrons. The zero-order valence-corrected chi connectivity index (χ0v) is 16.7. The third kappa shape index (κ3) is 7.07. The Morgan fingerprint density at radius 3 is 2.76 bits per heavy atom. The number of nitrogens with one attached hydrogen (secondary N) is 2. The van der Waals surface area contributed by atoms with Crippen molar-refractivity contribution in [1.29, 1.82) is 0 Å². The lowest BCUT2D eigenvalue weighted by Gasteiger charge is -2.27. The summed E-state index contributed by atoms with van der Waals surface area (Å²) in [5.74, 6) is 0.154. The molecule has 3 rings (SSSR count). The molecule has 2 N–H and O–H groups in total. The number of aryl methyl sites for hydroxylation is 1. The molecule has 2 heterocycles. The first-order chi connectivity index (χ1) is 11.3. The maximum Gasteiger partial charge on any atom is 0.220 e. The maximum absolute atomic E-state index is 11.9. The van der Waals surface area contributed by atoms with E-state index >= 15 is 0 Å². The van der Waals surface area contributed by atoms with E-state index in [0.29, 0.717) is 6.42 Å². The van der Waals surface area contributed by atoms with Crippen molar-refractivity contribution in [3.05, 3.63) is 29.3 Å². The largest absolute Gasteiger partial charge is 0.355 e. The highest BCUT2D eigenvalue weighted by Gasteiger charge is 2.09. The van der Waals surface area contributed by atoms with E-state index in [9.17, 15) is 4.79 Å². The molecule has 1 amide bonds. The summed E-state index contributed by atoms with van der Waals surface area (Å²) in [6.45, 7) is 5.96. The highest BCUT2D eigenvalue weighted by molar-refractivity contribution is 7.18. The average molecular weight is 405 g/mol. The zero-order valence-electron chi connectivity index (χ0n) is 14.2. The first-order valence-electron chi connectivity index (χ1n) is 8.35. The highest BCUT2D eigenvalue weighted by atomic mass is 35.5. The molecule has 0 atom stereocenters. The number of amides is 1. The van der Waals surface area contributed by atoms with Gasteiger partial charge in [-0.1, -0.05) is 12.1 Å². The Hall–Kier alpha value is -0.920. The molecule has 1 saturated heterocycles. The molecule has 0 aliphatic carbocycles. The van der Waals surface area contributed by atoms with Gasteiger partial charge in [-0.25, -0.2) is 4.98 Å². The predicted octanol–water partition coefficient (Wildman–Crippen LogP) is 2.48. The van der Waals surface area contributed by atoms with Crippen LogP contribution >= 0.6 is 36.2 Å². The number of fused-ring (bicyclic) bond motifs is 1. The lowest BCUT2D eigenvalue weighted by atomic mass is 10.2. The molecule has 1 aliphatic heterocycles. The number of thiazole rings is 1. The first-order valence-corrected chi connectivity index (χ1v) is 9.17. The van der Waals surface area contributed by atoms with E-state index in [-0.39, 0.29) is 30.7 Å². The molecule has 1 aromatic carbocycles. The summed E-state index contributed by atoms with van der Waals surface area (Å²) >= 11 is 1.73. The van der Waals surface area contributed by atoms with E-state index in [4.69, 9.17) is 0 Å². The van der Waals surface area contributed by atoms with Crippen molar-refractivity contribution in [2.45, 2.75) is 19.3 Å². The van der Waals surface area contributed by atoms with Crippen LogP contribution in [0.5, 0.6) is 0 Å². The van der Waals surface area contributed by atoms with Crippen LogP contribution in [-0.2, 0) is 11.2 Å². The number of piperazine rings is 1. The molecule has 140 valence electrons. The van der Waals surface area contributed by atoms with Crippen molar-refractivity contribution in [1.82, 2.24) is 20.5 Å². The number of hydrogen-bond donors (Lipinski definition) is 2. The molecule has 0 spiro atoms. The van der Waals surface area contributed by atoms with Crippen LogP contribution in [0.4, 0.5) is 0 Å². The van der Waals surface area contributed by atoms with Crippen molar-refractivity contribution < 1.29 is 4.79 Å². The highest BCUT2D eigenvalue weighted by Crippen LogP contribution is 2.22. The molecule has 8 heteroatoms. The van der Waals surface area contributed by atoms with E-state index in [1.165, 1.54) is 4.70 Å². The van der Waals surface area contributed by atoms with Crippen LogP contribution in [0.3, 0.4) is 0 Å². The van der Waals surface area contributed by atoms with Crippen LogP contribution in [-0.4, -0.2) is 55.1 Å². The van der Waals surface area contributed by atoms with Crippen molar-refractivity contribution in [2.24, 2.45) is 0 Å². The molecule has 5 nitrogen and oxygen atoms in total. The summed E-state index contributed by atoms with van der Waals surface area (Å²) in [6, 6.07) is 8.19. The molecule has 1 fully saturated rings. The smallest absolute Gasteiger partial charge is 0.220 e. The van der Waals surface area contributed by atoms with Crippen molar-refractivity contribution in [3.63, 3.8) is 0 Å². The number of aromatic nitrogens is 1. The fraction of sp³-hybridized carbons (Fsp3) is 0.529. The van der Waals surface area contributed by atoms with Gasteiger partial charge >= 0.3 is 0 Å². The number of rotatable bonds is 7. The topological polar surface area (TPSA) is 57.3 Å². The molecule has 25 heavy (non-hydrogen) atoms. The summed E-state index contributed by atoms with van der Waals surface area (Å²) in [4.78, 5) is 18.9. The van der Waals surface area contributed by atoms with Crippen LogP contribution in [0.1, 0.15) is 17.8 Å². The summed E-state index contributed by atoms with van der Waals surface area (Å²) in [6.07, 6.45) is 2.32. The van der Waals surface area contributed by atoms with Crippen LogP contribution < -0.4 is 10.6 Å². The van der Waals surface area contributed by atoms with E-state index in [0.717, 1.165) is 62.6 Å². The Morgan fingerprint density at radius 2 is 2.00 bits per heavy atom. The predicted molar refractivity (Wildman–Crippen MR) is 109 cm³/mol. The van der Waals surface area contributed by atoms with Crippen LogP contribution in [0.15, 0.2) is 24.3 Å². The Balaban J connectivity index is 0.00000156. The third-order valence-corrected chi connectivity index (χ3v) is 5.19. The van der Waals surface area contributed by atoms with Crippen molar-refractivity contribution >= 4 is 52.3 Å². The second-order valence-electron chi connectivity index (χ2n) is 5.87. The number of nitrogens with zero attached hydrogens (tertiary/aromatic N) is 2. The fourth-order valence-electron chi connectivity index (χ4n) is 2.80. The SMILES string of the molecule is Cl.Cl.O=C(CCCc1nc2ccccc2s1)NCCN1CCNCC1. The Kier molecular flexibility index (Phi) is 10.3. The van der Waals surface area contributed by atoms with Crippen molar-refractivity contribution in [3.8, 4) is 0 Å². The molecule has 1 aliphatic rings. The van der Waals surface area contributed by atoms with Gasteiger partial charge in [0.1, 0.15) is 0 Å². The standard InChI is InChI=1S/C17H24N4OS.2ClH/c22-16(19-10-13-21-11-8-18-9-12-21)6-3-7-17-20-14-4-1-2-5-15(14)23-17;;/h1-2,4-5,18H,3,6-13H2,(H,19,22);2*1H. The fourth-order valence-corrected chi connectivity index (χ4v) is 3.81. The van der Waals surface area contributed by atoms with Crippen LogP contribution in [0, 0.1) is 0 Å². The molecule has 0 saturated carbocycles. The third-order valence-electron chi connectivity index (χ3n) is 4.09. The second-order valence-corrected chi connectivity index (χ2v) is 6.99. The number of halogens is 2. The lowest BCUT2D eigenvalue weighted by Crippen LogP contribution is -2.46. The quantitative estimate of drug-likeness (QED) is 0.743. The van der Waals surface area contributed by atoms with Gasteiger partial charge in [0.15, 0.2) is 0 Å². The van der Waals surface area contributed by atoms with Gasteiger partial charge in [0.2, 0.25) is 5.91 Å². The molecule has 0 unspecified atom stereocenters. The van der Waals surface area contributed by atoms with Gasteiger partial charge in [-0.05, 0) is 25.0 Å². The monoisotopic (exact) mass is 404 g/mol. The average Bonchev–Trinajstić information content (AvgIpc) is 2.98. The normalized spacial score (nSPS) is 14.6. The summed E-state index contributed by atoms with van der Waals surface area (Å²) in [7, 11) is 0. The van der Waals surface area contributed by atoms with Crippen LogP contribution in [0.2, 0.25) is 0 Å². The lowest BCUT2D eigenvalue weighted by molar-refractivity contribution is -0.121. The Bertz CT molecular complexity index is 613. The van der Waals surface area contributed by atoms with Crippen molar-refractivity contribution in [2.75, 3.05) is 39.3 Å². The van der Waals surface area contributed by atoms with Crippen LogP contribution in [0.25, 0.3) is 10.2 Å². The number of carbonyl (C=O) groups is 1. The van der Waals surface area contributed by atoms with E-state index < -0.39 is 0 Å². The number of para-hydroxylation sites is 1. The molecule has 1 aromatic heterocycles. The zero-order chi connectivity index (χ0) is 15.9. The van der Waals surface area contributed by atoms with Gasteiger partial charge in [-0.2, -0.15) is 0 Å². The number of carbonyl (C=O) groups excluding carboxylic acids is 1. The minimum atomic E-state index is 0. The molecular formula is C17H26Cl2N4OS.